The van der Waals surface area contributed by atoms with Crippen LogP contribution in [0.1, 0.15) is 34.0 Å². The molecule has 0 saturated carbocycles. The van der Waals surface area contributed by atoms with Crippen molar-refractivity contribution in [1.82, 2.24) is 5.32 Å². The molecule has 4 rings (SSSR count). The van der Waals surface area contributed by atoms with E-state index in [1.807, 2.05) is 78.6 Å². The van der Waals surface area contributed by atoms with Crippen LogP contribution in [0.25, 0.3) is 0 Å². The van der Waals surface area contributed by atoms with Gasteiger partial charge in [0.1, 0.15) is 0 Å². The zero-order chi connectivity index (χ0) is 21.1. The molecule has 3 aromatic rings. The number of nitrogens with one attached hydrogen (secondary N) is 2. The SMILES string of the molecule is Cc1cccc(NC(=O)NCc2ccc3c(c2)N(C(=O)c2ccccc2)[C@H](C)C3)c1. The molecule has 152 valence electrons. The maximum Gasteiger partial charge on any atom is 0.319 e. The topological polar surface area (TPSA) is 61.4 Å². The summed E-state index contributed by atoms with van der Waals surface area (Å²) in [6.45, 7) is 4.43. The van der Waals surface area contributed by atoms with Crippen LogP contribution < -0.4 is 15.5 Å². The molecule has 0 spiro atoms. The third kappa shape index (κ3) is 4.20. The lowest BCUT2D eigenvalue weighted by Gasteiger charge is -2.23. The number of anilines is 2. The minimum absolute atomic E-state index is 0.00384. The van der Waals surface area contributed by atoms with Crippen LogP contribution in [0.2, 0.25) is 0 Å². The van der Waals surface area contributed by atoms with Crippen LogP contribution in [0, 0.1) is 6.92 Å². The molecule has 0 fully saturated rings. The number of carbonyl (C=O) groups excluding carboxylic acids is 2. The summed E-state index contributed by atoms with van der Waals surface area (Å²) in [6.07, 6.45) is 0.829. The number of carbonyl (C=O) groups is 2. The summed E-state index contributed by atoms with van der Waals surface area (Å²) in [5, 5.41) is 5.74. The van der Waals surface area contributed by atoms with Crippen molar-refractivity contribution < 1.29 is 9.59 Å². The van der Waals surface area contributed by atoms with Crippen molar-refractivity contribution >= 4 is 23.3 Å². The fraction of sp³-hybridized carbons (Fsp3) is 0.200. The molecule has 0 aromatic heterocycles. The van der Waals surface area contributed by atoms with Gasteiger partial charge in [-0.25, -0.2) is 4.79 Å². The van der Waals surface area contributed by atoms with E-state index in [1.54, 1.807) is 0 Å². The minimum atomic E-state index is -0.258. The Hall–Kier alpha value is -3.60. The molecule has 0 aliphatic carbocycles. The third-order valence-corrected chi connectivity index (χ3v) is 5.33. The van der Waals surface area contributed by atoms with Crippen molar-refractivity contribution in [2.45, 2.75) is 32.9 Å². The molecule has 5 heteroatoms. The smallest absolute Gasteiger partial charge is 0.319 e. The number of benzene rings is 3. The van der Waals surface area contributed by atoms with Gasteiger partial charge in [0.15, 0.2) is 0 Å². The van der Waals surface area contributed by atoms with Gasteiger partial charge in [0.25, 0.3) is 5.91 Å². The third-order valence-electron chi connectivity index (χ3n) is 5.33. The summed E-state index contributed by atoms with van der Waals surface area (Å²) < 4.78 is 0. The van der Waals surface area contributed by atoms with Crippen molar-refractivity contribution in [3.63, 3.8) is 0 Å². The molecule has 1 aliphatic rings. The van der Waals surface area contributed by atoms with Gasteiger partial charge >= 0.3 is 6.03 Å². The molecule has 1 atom stereocenters. The lowest BCUT2D eigenvalue weighted by Crippen LogP contribution is -2.35. The Morgan fingerprint density at radius 2 is 1.80 bits per heavy atom. The summed E-state index contributed by atoms with van der Waals surface area (Å²) in [4.78, 5) is 27.2. The maximum atomic E-state index is 13.1. The molecule has 3 amide bonds. The molecule has 0 saturated heterocycles. The number of aryl methyl sites for hydroxylation is 1. The number of hydrogen-bond acceptors (Lipinski definition) is 2. The fourth-order valence-electron chi connectivity index (χ4n) is 3.87. The number of amides is 3. The second-order valence-electron chi connectivity index (χ2n) is 7.73. The first-order chi connectivity index (χ1) is 14.5. The highest BCUT2D eigenvalue weighted by molar-refractivity contribution is 6.07. The molecular formula is C25H25N3O2. The Bertz CT molecular complexity index is 1080. The van der Waals surface area contributed by atoms with Gasteiger partial charge in [0.05, 0.1) is 0 Å². The van der Waals surface area contributed by atoms with E-state index < -0.39 is 0 Å². The Morgan fingerprint density at radius 1 is 1.00 bits per heavy atom. The minimum Gasteiger partial charge on any atom is -0.334 e. The zero-order valence-corrected chi connectivity index (χ0v) is 17.2. The van der Waals surface area contributed by atoms with E-state index in [1.165, 1.54) is 0 Å². The zero-order valence-electron chi connectivity index (χ0n) is 17.2. The van der Waals surface area contributed by atoms with Gasteiger partial charge in [-0.3, -0.25) is 4.79 Å². The first-order valence-corrected chi connectivity index (χ1v) is 10.1. The molecule has 2 N–H and O–H groups in total. The van der Waals surface area contributed by atoms with Crippen LogP contribution >= 0.6 is 0 Å². The summed E-state index contributed by atoms with van der Waals surface area (Å²) in [5.41, 5.74) is 5.56. The monoisotopic (exact) mass is 399 g/mol. The summed E-state index contributed by atoms with van der Waals surface area (Å²) in [7, 11) is 0. The Kier molecular flexibility index (Phi) is 5.53. The first kappa shape index (κ1) is 19.7. The summed E-state index contributed by atoms with van der Waals surface area (Å²) in [6, 6.07) is 22.9. The van der Waals surface area contributed by atoms with Gasteiger partial charge < -0.3 is 15.5 Å². The molecule has 0 bridgehead atoms. The second-order valence-corrected chi connectivity index (χ2v) is 7.73. The second kappa shape index (κ2) is 8.41. The number of nitrogens with zero attached hydrogens (tertiary/aromatic N) is 1. The average molecular weight is 399 g/mol. The van der Waals surface area contributed by atoms with Gasteiger partial charge in [0, 0.05) is 29.5 Å². The average Bonchev–Trinajstić information content (AvgIpc) is 3.07. The van der Waals surface area contributed by atoms with Crippen molar-refractivity contribution in [2.75, 3.05) is 10.2 Å². The number of hydrogen-bond donors (Lipinski definition) is 2. The standard InChI is InChI=1S/C25H25N3O2/c1-17-7-6-10-22(13-17)27-25(30)26-16-19-11-12-21-14-18(2)28(23(21)15-19)24(29)20-8-4-3-5-9-20/h3-13,15,18H,14,16H2,1-2H3,(H2,26,27,30)/t18-/m1/s1. The van der Waals surface area contributed by atoms with Crippen LogP contribution in [-0.4, -0.2) is 18.0 Å². The van der Waals surface area contributed by atoms with Crippen molar-refractivity contribution in [3.05, 3.63) is 95.1 Å². The largest absolute Gasteiger partial charge is 0.334 e. The molecular weight excluding hydrogens is 374 g/mol. The van der Waals surface area contributed by atoms with Crippen molar-refractivity contribution in [3.8, 4) is 0 Å². The number of rotatable bonds is 4. The van der Waals surface area contributed by atoms with Gasteiger partial charge in [-0.15, -0.1) is 0 Å². The van der Waals surface area contributed by atoms with E-state index in [2.05, 4.69) is 23.6 Å². The van der Waals surface area contributed by atoms with Crippen LogP contribution in [0.4, 0.5) is 16.2 Å². The highest BCUT2D eigenvalue weighted by Crippen LogP contribution is 2.34. The van der Waals surface area contributed by atoms with Gasteiger partial charge in [-0.2, -0.15) is 0 Å². The predicted molar refractivity (Wildman–Crippen MR) is 120 cm³/mol. The van der Waals surface area contributed by atoms with E-state index in [-0.39, 0.29) is 18.0 Å². The number of urea groups is 1. The highest BCUT2D eigenvalue weighted by Gasteiger charge is 2.31. The summed E-state index contributed by atoms with van der Waals surface area (Å²) in [5.74, 6) is 0.00384. The van der Waals surface area contributed by atoms with Crippen molar-refractivity contribution in [2.24, 2.45) is 0 Å². The maximum absolute atomic E-state index is 13.1. The quantitative estimate of drug-likeness (QED) is 0.655. The Labute approximate surface area is 176 Å². The molecule has 5 nitrogen and oxygen atoms in total. The van der Waals surface area contributed by atoms with Gasteiger partial charge in [0.2, 0.25) is 0 Å². The predicted octanol–water partition coefficient (Wildman–Crippen LogP) is 4.91. The van der Waals surface area contributed by atoms with Crippen LogP contribution in [0.3, 0.4) is 0 Å². The number of fused-ring (bicyclic) bond motifs is 1. The lowest BCUT2D eigenvalue weighted by atomic mass is 10.1. The first-order valence-electron chi connectivity index (χ1n) is 10.1. The van der Waals surface area contributed by atoms with Crippen LogP contribution in [0.5, 0.6) is 0 Å². The van der Waals surface area contributed by atoms with E-state index in [4.69, 9.17) is 0 Å². The van der Waals surface area contributed by atoms with E-state index in [0.29, 0.717) is 12.1 Å². The Balaban J connectivity index is 1.46. The lowest BCUT2D eigenvalue weighted by molar-refractivity contribution is 0.0981. The van der Waals surface area contributed by atoms with E-state index >= 15 is 0 Å². The van der Waals surface area contributed by atoms with Gasteiger partial charge in [-0.1, -0.05) is 42.5 Å². The molecule has 0 unspecified atom stereocenters. The summed E-state index contributed by atoms with van der Waals surface area (Å²) >= 11 is 0. The van der Waals surface area contributed by atoms with E-state index in [9.17, 15) is 9.59 Å². The molecule has 1 aliphatic heterocycles. The fourth-order valence-corrected chi connectivity index (χ4v) is 3.87. The van der Waals surface area contributed by atoms with E-state index in [0.717, 1.165) is 34.5 Å². The highest BCUT2D eigenvalue weighted by atomic mass is 16.2. The molecule has 3 aromatic carbocycles. The normalized spacial score (nSPS) is 14.9. The Morgan fingerprint density at radius 3 is 2.57 bits per heavy atom. The van der Waals surface area contributed by atoms with Crippen molar-refractivity contribution in [1.29, 1.82) is 0 Å². The van der Waals surface area contributed by atoms with Crippen LogP contribution in [0.15, 0.2) is 72.8 Å². The van der Waals surface area contributed by atoms with Gasteiger partial charge in [-0.05, 0) is 67.3 Å². The molecule has 30 heavy (non-hydrogen) atoms. The molecule has 0 radical (unpaired) electrons. The molecule has 1 heterocycles. The van der Waals surface area contributed by atoms with Crippen LogP contribution in [-0.2, 0) is 13.0 Å².